The van der Waals surface area contributed by atoms with Crippen LogP contribution in [0.4, 0.5) is 0 Å². The molecule has 2 aliphatic rings. The largest absolute Gasteiger partial charge is 0.459 e. The Bertz CT molecular complexity index is 572. The number of benzene rings is 1. The fourth-order valence-corrected chi connectivity index (χ4v) is 3.91. The zero-order chi connectivity index (χ0) is 18.5. The van der Waals surface area contributed by atoms with Gasteiger partial charge in [0.2, 0.25) is 0 Å². The topological polar surface area (TPSA) is 52.6 Å². The normalized spacial score (nSPS) is 29.0. The molecule has 0 amide bonds. The van der Waals surface area contributed by atoms with Gasteiger partial charge in [-0.15, -0.1) is 0 Å². The maximum Gasteiger partial charge on any atom is 0.338 e. The lowest BCUT2D eigenvalue weighted by Gasteiger charge is -2.26. The Labute approximate surface area is 156 Å². The van der Waals surface area contributed by atoms with Gasteiger partial charge in [0.05, 0.1) is 11.1 Å². The molecule has 2 aliphatic carbocycles. The molecule has 0 radical (unpaired) electrons. The minimum atomic E-state index is -0.342. The van der Waals surface area contributed by atoms with E-state index in [-0.39, 0.29) is 24.1 Å². The highest BCUT2D eigenvalue weighted by molar-refractivity contribution is 5.95. The number of hydrogen-bond donors (Lipinski definition) is 0. The third-order valence-corrected chi connectivity index (χ3v) is 5.81. The molecule has 1 aromatic rings. The van der Waals surface area contributed by atoms with Crippen molar-refractivity contribution in [2.24, 2.45) is 11.8 Å². The van der Waals surface area contributed by atoms with Gasteiger partial charge in [-0.25, -0.2) is 9.59 Å². The monoisotopic (exact) mass is 358 g/mol. The summed E-state index contributed by atoms with van der Waals surface area (Å²) < 4.78 is 11.3. The predicted octanol–water partition coefficient (Wildman–Crippen LogP) is 5.16. The van der Waals surface area contributed by atoms with Crippen molar-refractivity contribution in [2.75, 3.05) is 0 Å². The van der Waals surface area contributed by atoms with Crippen molar-refractivity contribution in [1.29, 1.82) is 0 Å². The average molecular weight is 358 g/mol. The standard InChI is InChI=1S/C22H30O4/c1-15-6-10-19(11-7-15)25-21(23)17-4-3-5-18(14-17)22(24)26-20-12-8-16(2)9-13-20/h3-5,14-16,19-20H,6-13H2,1-2H3. The summed E-state index contributed by atoms with van der Waals surface area (Å²) in [6.45, 7) is 4.47. The third-order valence-electron chi connectivity index (χ3n) is 5.81. The molecule has 3 rings (SSSR count). The molecule has 2 saturated carbocycles. The number of carbonyl (C=O) groups is 2. The van der Waals surface area contributed by atoms with Gasteiger partial charge in [-0.1, -0.05) is 19.9 Å². The molecule has 2 fully saturated rings. The maximum atomic E-state index is 12.4. The van der Waals surface area contributed by atoms with E-state index in [9.17, 15) is 9.59 Å². The van der Waals surface area contributed by atoms with Crippen LogP contribution in [0.2, 0.25) is 0 Å². The van der Waals surface area contributed by atoms with Gasteiger partial charge in [-0.3, -0.25) is 0 Å². The second kappa shape index (κ2) is 8.70. The Morgan fingerprint density at radius 1 is 0.731 bits per heavy atom. The highest BCUT2D eigenvalue weighted by Gasteiger charge is 2.24. The SMILES string of the molecule is CC1CCC(OC(=O)c2cccc(C(=O)OC3CCC(C)CC3)c2)CC1. The highest BCUT2D eigenvalue weighted by atomic mass is 16.5. The number of rotatable bonds is 4. The first-order valence-electron chi connectivity index (χ1n) is 10.0. The first-order chi connectivity index (χ1) is 12.5. The zero-order valence-corrected chi connectivity index (χ0v) is 15.9. The summed E-state index contributed by atoms with van der Waals surface area (Å²) in [4.78, 5) is 24.8. The molecule has 0 aliphatic heterocycles. The van der Waals surface area contributed by atoms with Crippen molar-refractivity contribution < 1.29 is 19.1 Å². The molecule has 0 bridgehead atoms. The van der Waals surface area contributed by atoms with Crippen molar-refractivity contribution in [3.63, 3.8) is 0 Å². The first-order valence-corrected chi connectivity index (χ1v) is 10.0. The van der Waals surface area contributed by atoms with Crippen LogP contribution in [0.1, 0.15) is 85.9 Å². The van der Waals surface area contributed by atoms with Crippen molar-refractivity contribution in [3.8, 4) is 0 Å². The quantitative estimate of drug-likeness (QED) is 0.698. The fourth-order valence-electron chi connectivity index (χ4n) is 3.91. The summed E-state index contributed by atoms with van der Waals surface area (Å²) in [6.07, 6.45) is 8.10. The van der Waals surface area contributed by atoms with Crippen LogP contribution >= 0.6 is 0 Å². The molecule has 4 heteroatoms. The van der Waals surface area contributed by atoms with Crippen LogP contribution in [0.3, 0.4) is 0 Å². The Kier molecular flexibility index (Phi) is 6.33. The third kappa shape index (κ3) is 5.09. The Morgan fingerprint density at radius 3 is 1.50 bits per heavy atom. The molecule has 0 atom stereocenters. The summed E-state index contributed by atoms with van der Waals surface area (Å²) in [5.41, 5.74) is 0.852. The van der Waals surface area contributed by atoms with Crippen LogP contribution in [0.25, 0.3) is 0 Å². The number of carbonyl (C=O) groups excluding carboxylic acids is 2. The molecule has 0 N–H and O–H groups in total. The average Bonchev–Trinajstić information content (AvgIpc) is 2.65. The minimum Gasteiger partial charge on any atom is -0.459 e. The minimum absolute atomic E-state index is 0.00136. The zero-order valence-electron chi connectivity index (χ0n) is 15.9. The van der Waals surface area contributed by atoms with Gasteiger partial charge in [0.1, 0.15) is 12.2 Å². The lowest BCUT2D eigenvalue weighted by atomic mass is 9.89. The number of ether oxygens (including phenoxy) is 2. The molecular weight excluding hydrogens is 328 g/mol. The van der Waals surface area contributed by atoms with Crippen LogP contribution in [-0.4, -0.2) is 24.1 Å². The van der Waals surface area contributed by atoms with Gasteiger partial charge in [-0.05, 0) is 81.4 Å². The first kappa shape index (κ1) is 18.9. The number of hydrogen-bond acceptors (Lipinski definition) is 4. The number of esters is 2. The molecule has 142 valence electrons. The van der Waals surface area contributed by atoms with Gasteiger partial charge in [0.15, 0.2) is 0 Å². The van der Waals surface area contributed by atoms with Gasteiger partial charge in [0.25, 0.3) is 0 Å². The smallest absolute Gasteiger partial charge is 0.338 e. The maximum absolute atomic E-state index is 12.4. The molecule has 4 nitrogen and oxygen atoms in total. The van der Waals surface area contributed by atoms with Gasteiger partial charge in [-0.2, -0.15) is 0 Å². The fraction of sp³-hybridized carbons (Fsp3) is 0.636. The van der Waals surface area contributed by atoms with Crippen LogP contribution in [0.5, 0.6) is 0 Å². The van der Waals surface area contributed by atoms with E-state index in [4.69, 9.17) is 9.47 Å². The molecule has 26 heavy (non-hydrogen) atoms. The Balaban J connectivity index is 1.56. The molecule has 0 aromatic heterocycles. The van der Waals surface area contributed by atoms with Crippen molar-refractivity contribution in [1.82, 2.24) is 0 Å². The molecule has 0 unspecified atom stereocenters. The van der Waals surface area contributed by atoms with Crippen LogP contribution in [-0.2, 0) is 9.47 Å². The Hall–Kier alpha value is -1.84. The van der Waals surface area contributed by atoms with E-state index in [1.807, 2.05) is 0 Å². The molecule has 1 aromatic carbocycles. The predicted molar refractivity (Wildman–Crippen MR) is 100 cm³/mol. The van der Waals surface area contributed by atoms with E-state index < -0.39 is 0 Å². The summed E-state index contributed by atoms with van der Waals surface area (Å²) >= 11 is 0. The van der Waals surface area contributed by atoms with Gasteiger partial charge in [0, 0.05) is 0 Å². The van der Waals surface area contributed by atoms with E-state index in [2.05, 4.69) is 13.8 Å². The second-order valence-corrected chi connectivity index (χ2v) is 8.16. The van der Waals surface area contributed by atoms with Gasteiger partial charge >= 0.3 is 11.9 Å². The summed E-state index contributed by atoms with van der Waals surface area (Å²) in [7, 11) is 0. The van der Waals surface area contributed by atoms with E-state index in [0.717, 1.165) is 51.4 Å². The summed E-state index contributed by atoms with van der Waals surface area (Å²) in [6, 6.07) is 6.72. The van der Waals surface area contributed by atoms with Crippen LogP contribution in [0, 0.1) is 11.8 Å². The summed E-state index contributed by atoms with van der Waals surface area (Å²) in [5.74, 6) is 0.744. The van der Waals surface area contributed by atoms with Crippen molar-refractivity contribution in [2.45, 2.75) is 77.4 Å². The van der Waals surface area contributed by atoms with Crippen LogP contribution < -0.4 is 0 Å². The lowest BCUT2D eigenvalue weighted by molar-refractivity contribution is 0.0172. The van der Waals surface area contributed by atoms with E-state index in [1.54, 1.807) is 24.3 Å². The summed E-state index contributed by atoms with van der Waals surface area (Å²) in [5, 5.41) is 0. The van der Waals surface area contributed by atoms with Crippen LogP contribution in [0.15, 0.2) is 24.3 Å². The second-order valence-electron chi connectivity index (χ2n) is 8.16. The van der Waals surface area contributed by atoms with E-state index >= 15 is 0 Å². The highest BCUT2D eigenvalue weighted by Crippen LogP contribution is 2.27. The van der Waals surface area contributed by atoms with E-state index in [0.29, 0.717) is 23.0 Å². The van der Waals surface area contributed by atoms with Crippen molar-refractivity contribution in [3.05, 3.63) is 35.4 Å². The molecule has 0 heterocycles. The molecule has 0 spiro atoms. The van der Waals surface area contributed by atoms with Gasteiger partial charge < -0.3 is 9.47 Å². The Morgan fingerprint density at radius 2 is 1.12 bits per heavy atom. The molecule has 0 saturated heterocycles. The lowest BCUT2D eigenvalue weighted by Crippen LogP contribution is -2.24. The van der Waals surface area contributed by atoms with Crippen molar-refractivity contribution >= 4 is 11.9 Å². The molecular formula is C22H30O4. The van der Waals surface area contributed by atoms with E-state index in [1.165, 1.54) is 0 Å².